The number of anilines is 2. The highest BCUT2D eigenvalue weighted by Gasteiger charge is 2.13. The predicted molar refractivity (Wildman–Crippen MR) is 115 cm³/mol. The number of carbonyl (C=O) groups is 1. The average molecular weight is 391 g/mol. The Balaban J connectivity index is 1.81. The largest absolute Gasteiger partial charge is 0.369 e. The number of aryl methyl sites for hydroxylation is 1. The number of nitrogen functional groups attached to an aromatic ring is 1. The van der Waals surface area contributed by atoms with E-state index in [1.54, 1.807) is 12.1 Å². The first-order valence-electron chi connectivity index (χ1n) is 8.85. The zero-order valence-corrected chi connectivity index (χ0v) is 16.3. The molecule has 0 atom stereocenters. The molecule has 3 aromatic carbocycles. The maximum absolute atomic E-state index is 11.5. The van der Waals surface area contributed by atoms with Gasteiger partial charge in [-0.05, 0) is 54.4 Å². The minimum absolute atomic E-state index is 0.131. The highest BCUT2D eigenvalue weighted by atomic mass is 35.5. The Morgan fingerprint density at radius 2 is 1.86 bits per heavy atom. The van der Waals surface area contributed by atoms with Crippen molar-refractivity contribution in [3.05, 3.63) is 71.2 Å². The van der Waals surface area contributed by atoms with Crippen molar-refractivity contribution in [1.29, 1.82) is 0 Å². The Hall–Kier alpha value is -3.31. The third-order valence-electron chi connectivity index (χ3n) is 4.63. The number of nitrogens with zero attached hydrogens (tertiary/aromatic N) is 2. The molecule has 0 aliphatic heterocycles. The van der Waals surface area contributed by atoms with Crippen LogP contribution >= 0.6 is 11.6 Å². The van der Waals surface area contributed by atoms with E-state index in [1.165, 1.54) is 6.92 Å². The van der Waals surface area contributed by atoms with Crippen molar-refractivity contribution in [1.82, 2.24) is 9.55 Å². The van der Waals surface area contributed by atoms with E-state index >= 15 is 0 Å². The molecule has 1 heterocycles. The molecule has 0 fully saturated rings. The highest BCUT2D eigenvalue weighted by molar-refractivity contribution is 6.31. The van der Waals surface area contributed by atoms with E-state index in [9.17, 15) is 4.79 Å². The fourth-order valence-corrected chi connectivity index (χ4v) is 3.59. The number of rotatable bonds is 3. The van der Waals surface area contributed by atoms with Gasteiger partial charge in [-0.1, -0.05) is 35.9 Å². The zero-order valence-electron chi connectivity index (χ0n) is 15.5. The van der Waals surface area contributed by atoms with E-state index in [-0.39, 0.29) is 5.91 Å². The molecular formula is C22H19ClN4O. The Labute approximate surface area is 167 Å². The standard InChI is InChI=1S/C22H19ClN4O/c1-13-4-3-5-20-21(13)27(22(24)26-20)17-9-6-15(7-10-17)18-12-16(23)8-11-19(18)25-14(2)28/h3-12H,1-2H3,(H2,24,26)(H,25,28). The molecular weight excluding hydrogens is 372 g/mol. The quantitative estimate of drug-likeness (QED) is 0.505. The number of nitrogens with one attached hydrogen (secondary N) is 1. The third kappa shape index (κ3) is 3.21. The second-order valence-electron chi connectivity index (χ2n) is 6.67. The Morgan fingerprint density at radius 3 is 2.57 bits per heavy atom. The molecule has 0 unspecified atom stereocenters. The highest BCUT2D eigenvalue weighted by Crippen LogP contribution is 2.33. The van der Waals surface area contributed by atoms with E-state index in [4.69, 9.17) is 17.3 Å². The number of halogens is 1. The topological polar surface area (TPSA) is 72.9 Å². The van der Waals surface area contributed by atoms with E-state index in [0.717, 1.165) is 33.4 Å². The molecule has 140 valence electrons. The number of aromatic nitrogens is 2. The third-order valence-corrected chi connectivity index (χ3v) is 4.87. The van der Waals surface area contributed by atoms with E-state index in [2.05, 4.69) is 10.3 Å². The van der Waals surface area contributed by atoms with Crippen LogP contribution in [0.4, 0.5) is 11.6 Å². The Morgan fingerprint density at radius 1 is 1.11 bits per heavy atom. The maximum atomic E-state index is 11.5. The number of para-hydroxylation sites is 1. The molecule has 0 aliphatic rings. The first kappa shape index (κ1) is 18.1. The lowest BCUT2D eigenvalue weighted by molar-refractivity contribution is -0.114. The number of hydrogen-bond acceptors (Lipinski definition) is 3. The smallest absolute Gasteiger partial charge is 0.221 e. The summed E-state index contributed by atoms with van der Waals surface area (Å²) < 4.78 is 1.95. The lowest BCUT2D eigenvalue weighted by Gasteiger charge is -2.13. The summed E-state index contributed by atoms with van der Waals surface area (Å²) in [6.07, 6.45) is 0. The van der Waals surface area contributed by atoms with Gasteiger partial charge in [0.1, 0.15) is 0 Å². The van der Waals surface area contributed by atoms with Crippen LogP contribution in [0, 0.1) is 6.92 Å². The molecule has 0 spiro atoms. The van der Waals surface area contributed by atoms with Gasteiger partial charge >= 0.3 is 0 Å². The van der Waals surface area contributed by atoms with Crippen molar-refractivity contribution in [3.8, 4) is 16.8 Å². The molecule has 28 heavy (non-hydrogen) atoms. The summed E-state index contributed by atoms with van der Waals surface area (Å²) in [6.45, 7) is 3.52. The monoisotopic (exact) mass is 390 g/mol. The van der Waals surface area contributed by atoms with Crippen molar-refractivity contribution >= 4 is 40.2 Å². The van der Waals surface area contributed by atoms with Crippen molar-refractivity contribution < 1.29 is 4.79 Å². The first-order valence-corrected chi connectivity index (χ1v) is 9.23. The first-order chi connectivity index (χ1) is 13.4. The summed E-state index contributed by atoms with van der Waals surface area (Å²) in [5.41, 5.74) is 12.6. The predicted octanol–water partition coefficient (Wildman–Crippen LogP) is 5.19. The minimum Gasteiger partial charge on any atom is -0.369 e. The number of nitrogens with two attached hydrogens (primary N) is 1. The van der Waals surface area contributed by atoms with Crippen LogP contribution < -0.4 is 11.1 Å². The fraction of sp³-hybridized carbons (Fsp3) is 0.0909. The van der Waals surface area contributed by atoms with Gasteiger partial charge in [0.25, 0.3) is 0 Å². The van der Waals surface area contributed by atoms with E-state index in [0.29, 0.717) is 16.7 Å². The molecule has 5 nitrogen and oxygen atoms in total. The second kappa shape index (κ2) is 7.02. The number of carbonyl (C=O) groups excluding carboxylic acids is 1. The van der Waals surface area contributed by atoms with Gasteiger partial charge in [-0.3, -0.25) is 9.36 Å². The van der Waals surface area contributed by atoms with Crippen molar-refractivity contribution in [3.63, 3.8) is 0 Å². The summed E-state index contributed by atoms with van der Waals surface area (Å²) in [7, 11) is 0. The number of hydrogen-bond donors (Lipinski definition) is 2. The molecule has 4 aromatic rings. The van der Waals surface area contributed by atoms with Crippen LogP contribution in [-0.4, -0.2) is 15.5 Å². The molecule has 0 aliphatic carbocycles. The van der Waals surface area contributed by atoms with Gasteiger partial charge in [-0.15, -0.1) is 0 Å². The Bertz CT molecular complexity index is 1200. The van der Waals surface area contributed by atoms with Crippen molar-refractivity contribution in [2.45, 2.75) is 13.8 Å². The van der Waals surface area contributed by atoms with Gasteiger partial charge in [0.2, 0.25) is 11.9 Å². The van der Waals surface area contributed by atoms with Crippen LogP contribution in [0.25, 0.3) is 27.8 Å². The zero-order chi connectivity index (χ0) is 19.8. The number of amides is 1. The molecule has 6 heteroatoms. The molecule has 0 saturated carbocycles. The lowest BCUT2D eigenvalue weighted by atomic mass is 10.0. The molecule has 0 saturated heterocycles. The van der Waals surface area contributed by atoms with Crippen LogP contribution in [0.15, 0.2) is 60.7 Å². The van der Waals surface area contributed by atoms with Gasteiger partial charge in [0, 0.05) is 28.9 Å². The summed E-state index contributed by atoms with van der Waals surface area (Å²) in [4.78, 5) is 16.0. The fourth-order valence-electron chi connectivity index (χ4n) is 3.42. The van der Waals surface area contributed by atoms with Gasteiger partial charge in [-0.2, -0.15) is 0 Å². The molecule has 0 bridgehead atoms. The SMILES string of the molecule is CC(=O)Nc1ccc(Cl)cc1-c1ccc(-n2c(N)nc3cccc(C)c32)cc1. The number of fused-ring (bicyclic) bond motifs is 1. The minimum atomic E-state index is -0.131. The van der Waals surface area contributed by atoms with Gasteiger partial charge in [0.15, 0.2) is 0 Å². The van der Waals surface area contributed by atoms with Gasteiger partial charge in [-0.25, -0.2) is 4.98 Å². The average Bonchev–Trinajstić information content (AvgIpc) is 3.00. The van der Waals surface area contributed by atoms with E-state index in [1.807, 2.05) is 60.0 Å². The van der Waals surface area contributed by atoms with Crippen molar-refractivity contribution in [2.75, 3.05) is 11.1 Å². The summed E-state index contributed by atoms with van der Waals surface area (Å²) in [5, 5.41) is 3.45. The molecule has 3 N–H and O–H groups in total. The van der Waals surface area contributed by atoms with Crippen LogP contribution in [0.2, 0.25) is 5.02 Å². The lowest BCUT2D eigenvalue weighted by Crippen LogP contribution is -2.07. The van der Waals surface area contributed by atoms with Gasteiger partial charge < -0.3 is 11.1 Å². The number of benzene rings is 3. The Kier molecular flexibility index (Phi) is 4.53. The van der Waals surface area contributed by atoms with Crippen molar-refractivity contribution in [2.24, 2.45) is 0 Å². The van der Waals surface area contributed by atoms with Gasteiger partial charge in [0.05, 0.1) is 11.0 Å². The molecule has 1 aromatic heterocycles. The van der Waals surface area contributed by atoms with Crippen LogP contribution in [0.1, 0.15) is 12.5 Å². The van der Waals surface area contributed by atoms with Crippen LogP contribution in [0.5, 0.6) is 0 Å². The maximum Gasteiger partial charge on any atom is 0.221 e. The van der Waals surface area contributed by atoms with Crippen LogP contribution in [0.3, 0.4) is 0 Å². The summed E-state index contributed by atoms with van der Waals surface area (Å²) >= 11 is 6.18. The van der Waals surface area contributed by atoms with E-state index < -0.39 is 0 Å². The molecule has 0 radical (unpaired) electrons. The summed E-state index contributed by atoms with van der Waals surface area (Å²) in [5.74, 6) is 0.312. The number of imidazole rings is 1. The second-order valence-corrected chi connectivity index (χ2v) is 7.10. The van der Waals surface area contributed by atoms with Crippen LogP contribution in [-0.2, 0) is 4.79 Å². The summed E-state index contributed by atoms with van der Waals surface area (Å²) in [6, 6.07) is 19.3. The normalized spacial score (nSPS) is 11.0. The molecule has 4 rings (SSSR count). The molecule has 1 amide bonds.